The number of nitrogens with two attached hydrogens (primary N) is 1. The molecule has 0 radical (unpaired) electrons. The number of rotatable bonds is 1. The SMILES string of the molecule is Nc1cc(C(F)(F)F)c(C(F)(F)F)cc1C=O. The van der Waals surface area contributed by atoms with Crippen LogP contribution in [0.2, 0.25) is 0 Å². The Morgan fingerprint density at radius 2 is 1.35 bits per heavy atom. The zero-order valence-corrected chi connectivity index (χ0v) is 7.99. The Morgan fingerprint density at radius 1 is 0.941 bits per heavy atom. The van der Waals surface area contributed by atoms with Crippen molar-refractivity contribution in [1.82, 2.24) is 0 Å². The number of carbonyl (C=O) groups is 1. The van der Waals surface area contributed by atoms with E-state index < -0.39 is 34.7 Å². The van der Waals surface area contributed by atoms with Crippen LogP contribution >= 0.6 is 0 Å². The maximum Gasteiger partial charge on any atom is 0.417 e. The van der Waals surface area contributed by atoms with E-state index in [1.807, 2.05) is 0 Å². The van der Waals surface area contributed by atoms with E-state index in [2.05, 4.69) is 0 Å². The molecular formula is C9H5F6NO. The van der Waals surface area contributed by atoms with Crippen LogP contribution in [0.4, 0.5) is 32.0 Å². The number of benzene rings is 1. The van der Waals surface area contributed by atoms with E-state index in [4.69, 9.17) is 5.73 Å². The van der Waals surface area contributed by atoms with Gasteiger partial charge in [-0.3, -0.25) is 4.79 Å². The Bertz CT molecular complexity index is 448. The Balaban J connectivity index is 3.59. The molecule has 17 heavy (non-hydrogen) atoms. The predicted molar refractivity (Wildman–Crippen MR) is 46.2 cm³/mol. The van der Waals surface area contributed by atoms with Gasteiger partial charge in [-0.15, -0.1) is 0 Å². The molecule has 0 amide bonds. The second kappa shape index (κ2) is 3.94. The second-order valence-electron chi connectivity index (χ2n) is 3.14. The van der Waals surface area contributed by atoms with Crippen LogP contribution in [-0.2, 0) is 12.4 Å². The molecule has 0 saturated carbocycles. The van der Waals surface area contributed by atoms with Crippen LogP contribution in [0.3, 0.4) is 0 Å². The molecule has 1 aromatic carbocycles. The molecule has 0 aliphatic rings. The number of hydrogen-bond acceptors (Lipinski definition) is 2. The van der Waals surface area contributed by atoms with Gasteiger partial charge in [0, 0.05) is 11.3 Å². The zero-order valence-electron chi connectivity index (χ0n) is 7.99. The third-order valence-electron chi connectivity index (χ3n) is 1.96. The first-order valence-electron chi connectivity index (χ1n) is 4.10. The van der Waals surface area contributed by atoms with Crippen molar-refractivity contribution >= 4 is 12.0 Å². The first-order valence-corrected chi connectivity index (χ1v) is 4.10. The second-order valence-corrected chi connectivity index (χ2v) is 3.14. The van der Waals surface area contributed by atoms with Crippen molar-refractivity contribution in [3.63, 3.8) is 0 Å². The number of alkyl halides is 6. The zero-order chi connectivity index (χ0) is 13.4. The monoisotopic (exact) mass is 257 g/mol. The summed E-state index contributed by atoms with van der Waals surface area (Å²) in [5, 5.41) is 0. The lowest BCUT2D eigenvalue weighted by Gasteiger charge is -2.16. The lowest BCUT2D eigenvalue weighted by molar-refractivity contribution is -0.162. The van der Waals surface area contributed by atoms with Gasteiger partial charge in [-0.25, -0.2) is 0 Å². The van der Waals surface area contributed by atoms with E-state index in [0.29, 0.717) is 0 Å². The smallest absolute Gasteiger partial charge is 0.398 e. The van der Waals surface area contributed by atoms with Crippen LogP contribution in [0.5, 0.6) is 0 Å². The summed E-state index contributed by atoms with van der Waals surface area (Å²) in [6.45, 7) is 0. The highest BCUT2D eigenvalue weighted by atomic mass is 19.4. The van der Waals surface area contributed by atoms with Crippen LogP contribution in [0.15, 0.2) is 12.1 Å². The summed E-state index contributed by atoms with van der Waals surface area (Å²) in [5.41, 5.74) is -0.0828. The minimum absolute atomic E-state index is 0.0370. The number of aldehydes is 1. The first-order chi connectivity index (χ1) is 7.57. The molecule has 94 valence electrons. The average Bonchev–Trinajstić information content (AvgIpc) is 2.14. The molecule has 0 aliphatic carbocycles. The Hall–Kier alpha value is -1.73. The topological polar surface area (TPSA) is 43.1 Å². The molecular weight excluding hydrogens is 252 g/mol. The summed E-state index contributed by atoms with van der Waals surface area (Å²) >= 11 is 0. The maximum absolute atomic E-state index is 12.4. The molecule has 0 heterocycles. The van der Waals surface area contributed by atoms with Crippen molar-refractivity contribution < 1.29 is 31.1 Å². The van der Waals surface area contributed by atoms with Crippen molar-refractivity contribution in [2.24, 2.45) is 0 Å². The number of anilines is 1. The number of nitrogen functional groups attached to an aromatic ring is 1. The van der Waals surface area contributed by atoms with Gasteiger partial charge in [-0.2, -0.15) is 26.3 Å². The molecule has 2 N–H and O–H groups in total. The Labute approximate surface area is 91.0 Å². The molecule has 1 aromatic rings. The molecule has 0 saturated heterocycles. The van der Waals surface area contributed by atoms with Crippen LogP contribution in [-0.4, -0.2) is 6.29 Å². The van der Waals surface area contributed by atoms with Gasteiger partial charge in [0.05, 0.1) is 11.1 Å². The lowest BCUT2D eigenvalue weighted by atomic mass is 10.0. The quantitative estimate of drug-likeness (QED) is 0.477. The third kappa shape index (κ3) is 2.69. The normalized spacial score (nSPS) is 12.6. The number of hydrogen-bond donors (Lipinski definition) is 1. The first kappa shape index (κ1) is 13.3. The average molecular weight is 257 g/mol. The molecule has 1 rings (SSSR count). The molecule has 0 aromatic heterocycles. The van der Waals surface area contributed by atoms with E-state index in [-0.39, 0.29) is 18.4 Å². The van der Waals surface area contributed by atoms with Crippen molar-refractivity contribution in [3.05, 3.63) is 28.8 Å². The van der Waals surface area contributed by atoms with Gasteiger partial charge in [0.25, 0.3) is 0 Å². The fraction of sp³-hybridized carbons (Fsp3) is 0.222. The fourth-order valence-electron chi connectivity index (χ4n) is 1.20. The summed E-state index contributed by atoms with van der Waals surface area (Å²) in [6.07, 6.45) is -10.4. The molecule has 0 atom stereocenters. The molecule has 0 unspecified atom stereocenters. The molecule has 0 bridgehead atoms. The highest BCUT2D eigenvalue weighted by molar-refractivity contribution is 5.84. The van der Waals surface area contributed by atoms with Gasteiger partial charge >= 0.3 is 12.4 Å². The molecule has 0 aliphatic heterocycles. The summed E-state index contributed by atoms with van der Waals surface area (Å²) in [7, 11) is 0. The minimum Gasteiger partial charge on any atom is -0.398 e. The van der Waals surface area contributed by atoms with Crippen LogP contribution in [0, 0.1) is 0 Å². The van der Waals surface area contributed by atoms with Crippen LogP contribution < -0.4 is 5.73 Å². The fourth-order valence-corrected chi connectivity index (χ4v) is 1.20. The van der Waals surface area contributed by atoms with Crippen molar-refractivity contribution in [2.75, 3.05) is 5.73 Å². The van der Waals surface area contributed by atoms with Crippen LogP contribution in [0.1, 0.15) is 21.5 Å². The van der Waals surface area contributed by atoms with Gasteiger partial charge in [0.1, 0.15) is 0 Å². The largest absolute Gasteiger partial charge is 0.417 e. The van der Waals surface area contributed by atoms with E-state index >= 15 is 0 Å². The van der Waals surface area contributed by atoms with Gasteiger partial charge in [0.15, 0.2) is 6.29 Å². The van der Waals surface area contributed by atoms with Gasteiger partial charge < -0.3 is 5.73 Å². The number of halogens is 6. The third-order valence-corrected chi connectivity index (χ3v) is 1.96. The highest BCUT2D eigenvalue weighted by Crippen LogP contribution is 2.41. The summed E-state index contributed by atoms with van der Waals surface area (Å²) in [6, 6.07) is 0.192. The van der Waals surface area contributed by atoms with E-state index in [9.17, 15) is 31.1 Å². The molecule has 0 spiro atoms. The van der Waals surface area contributed by atoms with Gasteiger partial charge in [-0.05, 0) is 12.1 Å². The van der Waals surface area contributed by atoms with E-state index in [1.54, 1.807) is 0 Å². The molecule has 2 nitrogen and oxygen atoms in total. The molecule has 8 heteroatoms. The maximum atomic E-state index is 12.4. The Kier molecular flexibility index (Phi) is 3.09. The van der Waals surface area contributed by atoms with Crippen molar-refractivity contribution in [3.8, 4) is 0 Å². The van der Waals surface area contributed by atoms with Crippen molar-refractivity contribution in [2.45, 2.75) is 12.4 Å². The number of carbonyl (C=O) groups excluding carboxylic acids is 1. The van der Waals surface area contributed by atoms with Crippen LogP contribution in [0.25, 0.3) is 0 Å². The highest BCUT2D eigenvalue weighted by Gasteiger charge is 2.43. The molecule has 0 fully saturated rings. The minimum atomic E-state index is -5.21. The van der Waals surface area contributed by atoms with E-state index in [1.165, 1.54) is 0 Å². The Morgan fingerprint density at radius 3 is 1.71 bits per heavy atom. The summed E-state index contributed by atoms with van der Waals surface area (Å²) in [5.74, 6) is 0. The van der Waals surface area contributed by atoms with E-state index in [0.717, 1.165) is 0 Å². The summed E-state index contributed by atoms with van der Waals surface area (Å²) < 4.78 is 74.2. The van der Waals surface area contributed by atoms with Gasteiger partial charge in [-0.1, -0.05) is 0 Å². The van der Waals surface area contributed by atoms with Crippen molar-refractivity contribution in [1.29, 1.82) is 0 Å². The summed E-state index contributed by atoms with van der Waals surface area (Å²) in [4.78, 5) is 10.3. The standard InChI is InChI=1S/C9H5F6NO/c10-8(11,12)5-1-4(3-17)7(16)2-6(5)9(13,14)15/h1-3H,16H2. The lowest BCUT2D eigenvalue weighted by Crippen LogP contribution is -2.17. The predicted octanol–water partition coefficient (Wildman–Crippen LogP) is 3.12. The van der Waals surface area contributed by atoms with Gasteiger partial charge in [0.2, 0.25) is 0 Å².